The third-order valence-corrected chi connectivity index (χ3v) is 4.20. The number of rotatable bonds is 5. The van der Waals surface area contributed by atoms with Crippen molar-refractivity contribution in [3.63, 3.8) is 0 Å². The van der Waals surface area contributed by atoms with Gasteiger partial charge in [-0.2, -0.15) is 5.10 Å². The van der Waals surface area contributed by atoms with Crippen molar-refractivity contribution in [1.82, 2.24) is 20.6 Å². The molecular weight excluding hydrogens is 384 g/mol. The molecule has 1 heterocycles. The van der Waals surface area contributed by atoms with Gasteiger partial charge in [-0.15, -0.1) is 0 Å². The van der Waals surface area contributed by atoms with Crippen molar-refractivity contribution in [2.75, 3.05) is 6.61 Å². The molecule has 0 unspecified atom stereocenters. The van der Waals surface area contributed by atoms with E-state index in [0.717, 1.165) is 11.1 Å². The minimum absolute atomic E-state index is 0.293. The Morgan fingerprint density at radius 3 is 2.30 bits per heavy atom. The Hall–Kier alpha value is -3.94. The normalized spacial score (nSPS) is 10.4. The predicted molar refractivity (Wildman–Crippen MR) is 112 cm³/mol. The van der Waals surface area contributed by atoms with Crippen LogP contribution in [-0.2, 0) is 4.79 Å². The second kappa shape index (κ2) is 9.04. The molecule has 0 atom stereocenters. The van der Waals surface area contributed by atoms with Gasteiger partial charge in [-0.3, -0.25) is 25.2 Å². The van der Waals surface area contributed by atoms with Gasteiger partial charge in [-0.25, -0.2) is 4.68 Å². The van der Waals surface area contributed by atoms with Crippen LogP contribution in [0.2, 0.25) is 0 Å². The number of hydrazine groups is 1. The smallest absolute Gasteiger partial charge is 0.294 e. The van der Waals surface area contributed by atoms with Crippen LogP contribution in [0, 0.1) is 20.8 Å². The molecule has 2 N–H and O–H groups in total. The maximum absolute atomic E-state index is 12.4. The molecule has 154 valence electrons. The maximum atomic E-state index is 12.4. The molecule has 3 rings (SSSR count). The summed E-state index contributed by atoms with van der Waals surface area (Å²) >= 11 is 0. The molecule has 1 aromatic heterocycles. The molecular formula is C22H22N4O4. The molecule has 0 spiro atoms. The van der Waals surface area contributed by atoms with Gasteiger partial charge in [0, 0.05) is 11.8 Å². The summed E-state index contributed by atoms with van der Waals surface area (Å²) in [5.41, 5.74) is 6.86. The van der Waals surface area contributed by atoms with Crippen LogP contribution in [0.3, 0.4) is 0 Å². The Balaban J connectivity index is 1.64. The molecule has 0 radical (unpaired) electrons. The van der Waals surface area contributed by atoms with Gasteiger partial charge in [0.1, 0.15) is 5.75 Å². The second-order valence-electron chi connectivity index (χ2n) is 6.86. The van der Waals surface area contributed by atoms with Crippen molar-refractivity contribution < 1.29 is 14.3 Å². The summed E-state index contributed by atoms with van der Waals surface area (Å²) in [5.74, 6) is -0.831. The average Bonchev–Trinajstić information content (AvgIpc) is 2.70. The third-order valence-electron chi connectivity index (χ3n) is 4.20. The van der Waals surface area contributed by atoms with Crippen molar-refractivity contribution in [3.05, 3.63) is 87.3 Å². The van der Waals surface area contributed by atoms with E-state index in [2.05, 4.69) is 16.0 Å². The summed E-state index contributed by atoms with van der Waals surface area (Å²) in [5, 5.41) is 4.14. The van der Waals surface area contributed by atoms with Crippen LogP contribution in [0.1, 0.15) is 27.3 Å². The molecule has 30 heavy (non-hydrogen) atoms. The molecule has 3 aromatic rings. The molecule has 2 aromatic carbocycles. The first-order valence-electron chi connectivity index (χ1n) is 9.30. The zero-order valence-electron chi connectivity index (χ0n) is 16.9. The number of para-hydroxylation sites is 1. The highest BCUT2D eigenvalue weighted by atomic mass is 16.5. The van der Waals surface area contributed by atoms with E-state index in [1.807, 2.05) is 38.1 Å². The summed E-state index contributed by atoms with van der Waals surface area (Å²) in [6.45, 7) is 5.28. The monoisotopic (exact) mass is 406 g/mol. The molecule has 0 aliphatic heterocycles. The van der Waals surface area contributed by atoms with E-state index in [9.17, 15) is 14.4 Å². The highest BCUT2D eigenvalue weighted by Gasteiger charge is 2.16. The van der Waals surface area contributed by atoms with Gasteiger partial charge >= 0.3 is 0 Å². The highest BCUT2D eigenvalue weighted by Crippen LogP contribution is 2.15. The van der Waals surface area contributed by atoms with Gasteiger partial charge < -0.3 is 4.74 Å². The van der Waals surface area contributed by atoms with E-state index in [-0.39, 0.29) is 12.3 Å². The van der Waals surface area contributed by atoms with E-state index in [1.54, 1.807) is 31.2 Å². The molecule has 0 aliphatic carbocycles. The van der Waals surface area contributed by atoms with Crippen LogP contribution in [0.4, 0.5) is 0 Å². The number of nitrogens with one attached hydrogen (secondary N) is 2. The van der Waals surface area contributed by atoms with Crippen molar-refractivity contribution >= 4 is 11.8 Å². The van der Waals surface area contributed by atoms with Crippen molar-refractivity contribution in [2.24, 2.45) is 0 Å². The third kappa shape index (κ3) is 5.11. The lowest BCUT2D eigenvalue weighted by atomic mass is 10.1. The highest BCUT2D eigenvalue weighted by molar-refractivity contribution is 5.93. The van der Waals surface area contributed by atoms with Crippen molar-refractivity contribution in [2.45, 2.75) is 20.8 Å². The minimum atomic E-state index is -0.815. The first-order valence-corrected chi connectivity index (χ1v) is 9.30. The largest absolute Gasteiger partial charge is 0.484 e. The molecule has 0 bridgehead atoms. The first-order chi connectivity index (χ1) is 14.3. The predicted octanol–water partition coefficient (Wildman–Crippen LogP) is 2.00. The molecule has 8 nitrogen and oxygen atoms in total. The number of hydrogen-bond acceptors (Lipinski definition) is 5. The lowest BCUT2D eigenvalue weighted by Gasteiger charge is -2.12. The standard InChI is InChI=1S/C22H22N4O4/c1-14-9-15(2)11-18(10-14)30-13-20(28)23-24-22(29)21-19(27)12-16(3)26(25-21)17-7-5-4-6-8-17/h4-12H,13H2,1-3H3,(H,23,28)(H,24,29). The van der Waals surface area contributed by atoms with Crippen LogP contribution in [0.5, 0.6) is 5.75 Å². The minimum Gasteiger partial charge on any atom is -0.484 e. The summed E-state index contributed by atoms with van der Waals surface area (Å²) in [6, 6.07) is 16.0. The fraction of sp³-hybridized carbons (Fsp3) is 0.182. The Bertz CT molecular complexity index is 1120. The number of carbonyl (C=O) groups is 2. The van der Waals surface area contributed by atoms with Gasteiger partial charge in [0.05, 0.1) is 5.69 Å². The number of aromatic nitrogens is 2. The zero-order valence-corrected chi connectivity index (χ0v) is 16.9. The summed E-state index contributed by atoms with van der Waals surface area (Å²) in [6.07, 6.45) is 0. The van der Waals surface area contributed by atoms with Gasteiger partial charge in [0.25, 0.3) is 11.8 Å². The maximum Gasteiger partial charge on any atom is 0.294 e. The molecule has 0 saturated carbocycles. The zero-order chi connectivity index (χ0) is 21.7. The number of benzene rings is 2. The topological polar surface area (TPSA) is 102 Å². The Labute approximate surface area is 173 Å². The quantitative estimate of drug-likeness (QED) is 0.631. The summed E-state index contributed by atoms with van der Waals surface area (Å²) in [7, 11) is 0. The number of nitrogens with zero attached hydrogens (tertiary/aromatic N) is 2. The Kier molecular flexibility index (Phi) is 6.26. The van der Waals surface area contributed by atoms with E-state index in [4.69, 9.17) is 4.74 Å². The van der Waals surface area contributed by atoms with Crippen LogP contribution in [0.25, 0.3) is 5.69 Å². The van der Waals surface area contributed by atoms with Crippen LogP contribution >= 0.6 is 0 Å². The molecule has 0 fully saturated rings. The summed E-state index contributed by atoms with van der Waals surface area (Å²) in [4.78, 5) is 36.6. The van der Waals surface area contributed by atoms with Crippen molar-refractivity contribution in [1.29, 1.82) is 0 Å². The van der Waals surface area contributed by atoms with Gasteiger partial charge in [0.15, 0.2) is 12.3 Å². The lowest BCUT2D eigenvalue weighted by Crippen LogP contribution is -2.45. The fourth-order valence-corrected chi connectivity index (χ4v) is 2.92. The Morgan fingerprint density at radius 1 is 0.967 bits per heavy atom. The molecule has 0 saturated heterocycles. The van der Waals surface area contributed by atoms with E-state index in [1.165, 1.54) is 10.7 Å². The summed E-state index contributed by atoms with van der Waals surface area (Å²) < 4.78 is 6.93. The lowest BCUT2D eigenvalue weighted by molar-refractivity contribution is -0.123. The van der Waals surface area contributed by atoms with E-state index >= 15 is 0 Å². The van der Waals surface area contributed by atoms with Crippen LogP contribution < -0.4 is 21.0 Å². The number of hydrogen-bond donors (Lipinski definition) is 2. The number of aryl methyl sites for hydroxylation is 3. The number of carbonyl (C=O) groups excluding carboxylic acids is 2. The Morgan fingerprint density at radius 2 is 1.63 bits per heavy atom. The van der Waals surface area contributed by atoms with E-state index in [0.29, 0.717) is 17.1 Å². The molecule has 8 heteroatoms. The second-order valence-corrected chi connectivity index (χ2v) is 6.86. The van der Waals surface area contributed by atoms with E-state index < -0.39 is 17.2 Å². The molecule has 0 aliphatic rings. The van der Waals surface area contributed by atoms with Crippen LogP contribution in [-0.4, -0.2) is 28.2 Å². The first kappa shape index (κ1) is 20.8. The average molecular weight is 406 g/mol. The van der Waals surface area contributed by atoms with Gasteiger partial charge in [-0.05, 0) is 56.2 Å². The SMILES string of the molecule is Cc1cc(C)cc(OCC(=O)NNC(=O)c2nn(-c3ccccc3)c(C)cc2=O)c1. The fourth-order valence-electron chi connectivity index (χ4n) is 2.92. The van der Waals surface area contributed by atoms with Gasteiger partial charge in [-0.1, -0.05) is 24.3 Å². The van der Waals surface area contributed by atoms with Gasteiger partial charge in [0.2, 0.25) is 5.43 Å². The van der Waals surface area contributed by atoms with Crippen molar-refractivity contribution in [3.8, 4) is 11.4 Å². The molecule has 2 amide bonds. The number of ether oxygens (including phenoxy) is 1. The number of amides is 2. The van der Waals surface area contributed by atoms with Crippen LogP contribution in [0.15, 0.2) is 59.4 Å².